The number of fused-ring (bicyclic) bond motifs is 2. The summed E-state index contributed by atoms with van der Waals surface area (Å²) < 4.78 is 1.23. The van der Waals surface area contributed by atoms with Gasteiger partial charge in [-0.3, -0.25) is 9.79 Å². The van der Waals surface area contributed by atoms with E-state index in [0.717, 1.165) is 16.0 Å². The molecule has 0 aliphatic carbocycles. The van der Waals surface area contributed by atoms with Crippen molar-refractivity contribution in [1.29, 1.82) is 0 Å². The highest BCUT2D eigenvalue weighted by molar-refractivity contribution is 7.22. The maximum Gasteiger partial charge on any atom is 0.278 e. The average molecular weight is 385 g/mol. The summed E-state index contributed by atoms with van der Waals surface area (Å²) in [5.74, 6) is -0.282. The Kier molecular flexibility index (Phi) is 3.87. The third-order valence-corrected chi connectivity index (χ3v) is 5.80. The molecule has 4 aromatic rings. The van der Waals surface area contributed by atoms with Crippen LogP contribution in [0.15, 0.2) is 59.9 Å². The van der Waals surface area contributed by atoms with Crippen LogP contribution in [0.3, 0.4) is 0 Å². The second-order valence-corrected chi connectivity index (χ2v) is 7.54. The Morgan fingerprint density at radius 1 is 1.11 bits per heavy atom. The van der Waals surface area contributed by atoms with Gasteiger partial charge in [0.2, 0.25) is 0 Å². The topological polar surface area (TPSA) is 93.3 Å². The Morgan fingerprint density at radius 2 is 1.96 bits per heavy atom. The van der Waals surface area contributed by atoms with Crippen LogP contribution in [0.2, 0.25) is 0 Å². The lowest BCUT2D eigenvalue weighted by atomic mass is 10.0. The lowest BCUT2D eigenvalue weighted by molar-refractivity contribution is 0.102. The molecule has 0 atom stereocenters. The number of hydrogen-bond acceptors (Lipinski definition) is 6. The largest absolute Gasteiger partial charge is 0.382 e. The van der Waals surface area contributed by atoms with Crippen LogP contribution in [-0.2, 0) is 6.54 Å². The van der Waals surface area contributed by atoms with Gasteiger partial charge in [-0.1, -0.05) is 18.2 Å². The van der Waals surface area contributed by atoms with Crippen LogP contribution < -0.4 is 11.1 Å². The third-order valence-electron chi connectivity index (χ3n) is 4.65. The SMILES string of the molecule is Nc1nccnc1C(=O)Nc1cc2c(c(-c3cc4ccccc4s3)c1)CN=C2. The van der Waals surface area contributed by atoms with Crippen molar-refractivity contribution < 1.29 is 4.79 Å². The Morgan fingerprint density at radius 3 is 2.82 bits per heavy atom. The van der Waals surface area contributed by atoms with Crippen molar-refractivity contribution in [3.05, 3.63) is 71.7 Å². The first-order valence-corrected chi connectivity index (χ1v) is 9.54. The summed E-state index contributed by atoms with van der Waals surface area (Å²) in [4.78, 5) is 26.1. The Bertz CT molecular complexity index is 1230. The molecular weight excluding hydrogens is 370 g/mol. The summed E-state index contributed by atoms with van der Waals surface area (Å²) in [6, 6.07) is 14.4. The molecule has 0 saturated carbocycles. The van der Waals surface area contributed by atoms with E-state index in [1.807, 2.05) is 30.5 Å². The van der Waals surface area contributed by atoms with Gasteiger partial charge in [0, 0.05) is 39.4 Å². The molecule has 136 valence electrons. The number of aliphatic imine (C=N–C) groups is 1. The van der Waals surface area contributed by atoms with Gasteiger partial charge < -0.3 is 11.1 Å². The van der Waals surface area contributed by atoms with Crippen molar-refractivity contribution in [2.24, 2.45) is 4.99 Å². The quantitative estimate of drug-likeness (QED) is 0.555. The summed E-state index contributed by atoms with van der Waals surface area (Å²) in [5.41, 5.74) is 9.83. The molecule has 5 rings (SSSR count). The average Bonchev–Trinajstić information content (AvgIpc) is 3.34. The van der Waals surface area contributed by atoms with Crippen LogP contribution in [0, 0.1) is 0 Å². The summed E-state index contributed by atoms with van der Waals surface area (Å²) in [6.07, 6.45) is 4.75. The van der Waals surface area contributed by atoms with Crippen LogP contribution >= 0.6 is 11.3 Å². The molecule has 1 aliphatic rings. The maximum absolute atomic E-state index is 12.6. The van der Waals surface area contributed by atoms with Crippen LogP contribution in [-0.4, -0.2) is 22.1 Å². The number of nitrogens with one attached hydrogen (secondary N) is 1. The first kappa shape index (κ1) is 16.6. The van der Waals surface area contributed by atoms with Crippen molar-refractivity contribution >= 4 is 45.0 Å². The monoisotopic (exact) mass is 385 g/mol. The molecule has 0 unspecified atom stereocenters. The number of thiophene rings is 1. The zero-order chi connectivity index (χ0) is 19.1. The molecule has 0 saturated heterocycles. The summed E-state index contributed by atoms with van der Waals surface area (Å²) >= 11 is 1.73. The van der Waals surface area contributed by atoms with E-state index < -0.39 is 0 Å². The van der Waals surface area contributed by atoms with Gasteiger partial charge in [0.25, 0.3) is 5.91 Å². The highest BCUT2D eigenvalue weighted by Crippen LogP contribution is 2.39. The number of carbonyl (C=O) groups is 1. The molecule has 3 N–H and O–H groups in total. The van der Waals surface area contributed by atoms with Crippen LogP contribution in [0.5, 0.6) is 0 Å². The molecule has 1 aliphatic heterocycles. The van der Waals surface area contributed by atoms with Crippen molar-refractivity contribution in [2.45, 2.75) is 6.54 Å². The molecule has 0 radical (unpaired) electrons. The number of rotatable bonds is 3. The number of nitrogens with two attached hydrogens (primary N) is 1. The highest BCUT2D eigenvalue weighted by Gasteiger charge is 2.19. The number of amides is 1. The number of benzene rings is 2. The second kappa shape index (κ2) is 6.54. The zero-order valence-corrected chi connectivity index (χ0v) is 15.5. The van der Waals surface area contributed by atoms with E-state index in [1.54, 1.807) is 11.3 Å². The van der Waals surface area contributed by atoms with E-state index in [9.17, 15) is 4.79 Å². The lowest BCUT2D eigenvalue weighted by Gasteiger charge is -2.11. The minimum atomic E-state index is -0.386. The number of carbonyl (C=O) groups excluding carboxylic acids is 1. The smallest absolute Gasteiger partial charge is 0.278 e. The molecule has 6 nitrogen and oxygen atoms in total. The predicted molar refractivity (Wildman–Crippen MR) is 113 cm³/mol. The van der Waals surface area contributed by atoms with E-state index in [1.165, 1.54) is 28.0 Å². The Labute approximate surface area is 164 Å². The van der Waals surface area contributed by atoms with Gasteiger partial charge in [-0.25, -0.2) is 9.97 Å². The second-order valence-electron chi connectivity index (χ2n) is 6.45. The van der Waals surface area contributed by atoms with Crippen molar-refractivity contribution in [3.8, 4) is 10.4 Å². The molecule has 0 fully saturated rings. The highest BCUT2D eigenvalue weighted by atomic mass is 32.1. The van der Waals surface area contributed by atoms with Crippen molar-refractivity contribution in [1.82, 2.24) is 9.97 Å². The molecule has 1 amide bonds. The van der Waals surface area contributed by atoms with Gasteiger partial charge in [-0.2, -0.15) is 0 Å². The van der Waals surface area contributed by atoms with E-state index in [-0.39, 0.29) is 17.4 Å². The van der Waals surface area contributed by atoms with Crippen molar-refractivity contribution in [3.63, 3.8) is 0 Å². The van der Waals surface area contributed by atoms with Gasteiger partial charge in [0.15, 0.2) is 11.5 Å². The number of anilines is 2. The van der Waals surface area contributed by atoms with E-state index in [4.69, 9.17) is 5.73 Å². The molecule has 3 heterocycles. The van der Waals surface area contributed by atoms with E-state index in [0.29, 0.717) is 12.2 Å². The maximum atomic E-state index is 12.6. The van der Waals surface area contributed by atoms with Crippen LogP contribution in [0.25, 0.3) is 20.5 Å². The first-order valence-electron chi connectivity index (χ1n) is 8.72. The Hall–Kier alpha value is -3.58. The predicted octanol–water partition coefficient (Wildman–Crippen LogP) is 4.13. The van der Waals surface area contributed by atoms with Gasteiger partial charge in [0.1, 0.15) is 0 Å². The van der Waals surface area contributed by atoms with E-state index in [2.05, 4.69) is 38.5 Å². The molecule has 7 heteroatoms. The number of hydrogen-bond donors (Lipinski definition) is 2. The fourth-order valence-corrected chi connectivity index (χ4v) is 4.45. The minimum absolute atomic E-state index is 0.104. The number of aromatic nitrogens is 2. The molecular formula is C21H15N5OS. The minimum Gasteiger partial charge on any atom is -0.382 e. The molecule has 2 aromatic heterocycles. The number of nitrogens with zero attached hydrogens (tertiary/aromatic N) is 3. The summed E-state index contributed by atoms with van der Waals surface area (Å²) in [6.45, 7) is 0.643. The van der Waals surface area contributed by atoms with Gasteiger partial charge >= 0.3 is 0 Å². The lowest BCUT2D eigenvalue weighted by Crippen LogP contribution is -2.16. The molecule has 0 bridgehead atoms. The van der Waals surface area contributed by atoms with Gasteiger partial charge in [-0.05, 0) is 40.8 Å². The summed E-state index contributed by atoms with van der Waals surface area (Å²) in [5, 5.41) is 4.10. The molecule has 2 aromatic carbocycles. The molecule has 0 spiro atoms. The molecule has 28 heavy (non-hydrogen) atoms. The van der Waals surface area contributed by atoms with Crippen LogP contribution in [0.1, 0.15) is 21.6 Å². The Balaban J connectivity index is 1.57. The standard InChI is InChI=1S/C21H15N5OS/c22-20-19(24-5-6-25-20)21(27)26-14-7-13-10-23-11-16(13)15(9-14)18-8-12-3-1-2-4-17(12)28-18/h1-10H,11H2,(H2,22,25)(H,26,27). The first-order chi connectivity index (χ1) is 13.7. The fourth-order valence-electron chi connectivity index (χ4n) is 3.34. The van der Waals surface area contributed by atoms with Gasteiger partial charge in [0.05, 0.1) is 6.54 Å². The van der Waals surface area contributed by atoms with E-state index >= 15 is 0 Å². The number of nitrogen functional groups attached to an aromatic ring is 1. The zero-order valence-electron chi connectivity index (χ0n) is 14.7. The van der Waals surface area contributed by atoms with Crippen molar-refractivity contribution in [2.75, 3.05) is 11.1 Å². The third kappa shape index (κ3) is 2.82. The normalized spacial score (nSPS) is 12.3. The van der Waals surface area contributed by atoms with Crippen LogP contribution in [0.4, 0.5) is 11.5 Å². The summed E-state index contributed by atoms with van der Waals surface area (Å²) in [7, 11) is 0. The van der Waals surface area contributed by atoms with Gasteiger partial charge in [-0.15, -0.1) is 11.3 Å². The fraction of sp³-hybridized carbons (Fsp3) is 0.0476.